The Kier molecular flexibility index (Phi) is 7.59. The highest BCUT2D eigenvalue weighted by molar-refractivity contribution is 8.06. The Bertz CT molecular complexity index is 1340. The van der Waals surface area contributed by atoms with Crippen LogP contribution >= 0.6 is 68.9 Å². The second-order valence-corrected chi connectivity index (χ2v) is 13.2. The van der Waals surface area contributed by atoms with Crippen LogP contribution < -0.4 is 18.9 Å². The Morgan fingerprint density at radius 2 is 1.08 bits per heavy atom. The van der Waals surface area contributed by atoms with Crippen LogP contribution in [0.2, 0.25) is 0 Å². The second kappa shape index (κ2) is 11.4. The zero-order valence-corrected chi connectivity index (χ0v) is 23.4. The number of rotatable bonds is 8. The lowest BCUT2D eigenvalue weighted by atomic mass is 10.0. The Balaban J connectivity index is 1.36. The van der Waals surface area contributed by atoms with Gasteiger partial charge in [-0.3, -0.25) is 0 Å². The van der Waals surface area contributed by atoms with E-state index in [-0.39, 0.29) is 5.44 Å². The molecule has 0 aromatic carbocycles. The van der Waals surface area contributed by atoms with Crippen LogP contribution in [0.4, 0.5) is 0 Å². The van der Waals surface area contributed by atoms with Crippen molar-refractivity contribution in [2.24, 2.45) is 0 Å². The lowest BCUT2D eigenvalue weighted by molar-refractivity contribution is 0.294. The van der Waals surface area contributed by atoms with Gasteiger partial charge in [0.25, 0.3) is 0 Å². The third-order valence-corrected chi connectivity index (χ3v) is 9.63. The van der Waals surface area contributed by atoms with Gasteiger partial charge in [-0.05, 0) is 123 Å². The van der Waals surface area contributed by atoms with Crippen LogP contribution in [0.15, 0.2) is 115 Å². The number of hydrogen-bond acceptors (Lipinski definition) is 10. The molecule has 10 heteroatoms. The minimum Gasteiger partial charge on any atom is -0.469 e. The van der Waals surface area contributed by atoms with E-state index in [0.717, 1.165) is 46.7 Å². The van der Waals surface area contributed by atoms with Gasteiger partial charge in [0.2, 0.25) is 0 Å². The van der Waals surface area contributed by atoms with Crippen molar-refractivity contribution in [3.8, 4) is 20.3 Å². The van der Waals surface area contributed by atoms with Gasteiger partial charge in [-0.1, -0.05) is 0 Å². The first-order valence-corrected chi connectivity index (χ1v) is 16.1. The molecule has 0 saturated heterocycles. The molecule has 0 amide bonds. The molecule has 0 N–H and O–H groups in total. The molecule has 6 rings (SSSR count). The highest BCUT2D eigenvalue weighted by Gasteiger charge is 2.26. The highest BCUT2D eigenvalue weighted by Crippen LogP contribution is 2.43. The molecule has 4 nitrogen and oxygen atoms in total. The molecule has 0 radical (unpaired) electrons. The van der Waals surface area contributed by atoms with E-state index >= 15 is 0 Å². The van der Waals surface area contributed by atoms with Crippen molar-refractivity contribution in [1.82, 2.24) is 0 Å². The van der Waals surface area contributed by atoms with E-state index in [1.807, 2.05) is 70.1 Å². The molecule has 6 heterocycles. The summed E-state index contributed by atoms with van der Waals surface area (Å²) in [5.74, 6) is 0. The van der Waals surface area contributed by atoms with Gasteiger partial charge in [-0.15, -0.1) is 45.3 Å². The molecule has 2 aliphatic rings. The Labute approximate surface area is 233 Å². The first-order valence-electron chi connectivity index (χ1n) is 10.8. The average Bonchev–Trinajstić information content (AvgIpc) is 3.68. The van der Waals surface area contributed by atoms with E-state index in [4.69, 9.17) is 18.9 Å². The van der Waals surface area contributed by atoms with E-state index in [0.29, 0.717) is 6.42 Å². The molecular formula is C26H18O4S6. The second-order valence-electron chi connectivity index (χ2n) is 7.38. The molecule has 2 aliphatic heterocycles. The van der Waals surface area contributed by atoms with Crippen molar-refractivity contribution in [3.63, 3.8) is 0 Å². The first-order chi connectivity index (χ1) is 17.8. The number of thiophene rings is 4. The zero-order chi connectivity index (χ0) is 24.2. The minimum absolute atomic E-state index is 0.120. The molecule has 0 fully saturated rings. The quantitative estimate of drug-likeness (QED) is 0.205. The van der Waals surface area contributed by atoms with Gasteiger partial charge in [0.15, 0.2) is 41.0 Å². The van der Waals surface area contributed by atoms with Crippen molar-refractivity contribution in [2.45, 2.75) is 11.9 Å². The fraction of sp³-hybridized carbons (Fsp3) is 0.0769. The maximum atomic E-state index is 6.31. The Morgan fingerprint density at radius 3 is 1.58 bits per heavy atom. The smallest absolute Gasteiger partial charge is 0.181 e. The molecule has 1 atom stereocenters. The van der Waals surface area contributed by atoms with Crippen molar-refractivity contribution >= 4 is 68.9 Å². The maximum Gasteiger partial charge on any atom is 0.181 e. The fourth-order valence-corrected chi connectivity index (χ4v) is 7.82. The van der Waals surface area contributed by atoms with Crippen LogP contribution in [0.3, 0.4) is 0 Å². The average molecular weight is 587 g/mol. The van der Waals surface area contributed by atoms with Gasteiger partial charge in [0.1, 0.15) is 0 Å². The van der Waals surface area contributed by atoms with Crippen molar-refractivity contribution in [2.75, 3.05) is 0 Å². The summed E-state index contributed by atoms with van der Waals surface area (Å²) in [7, 11) is 0. The first kappa shape index (κ1) is 24.0. The molecule has 0 saturated carbocycles. The Morgan fingerprint density at radius 1 is 0.583 bits per heavy atom. The molecule has 4 aromatic rings. The van der Waals surface area contributed by atoms with Gasteiger partial charge >= 0.3 is 0 Å². The summed E-state index contributed by atoms with van der Waals surface area (Å²) < 4.78 is 24.9. The van der Waals surface area contributed by atoms with E-state index in [2.05, 4.69) is 18.2 Å². The van der Waals surface area contributed by atoms with Crippen molar-refractivity contribution in [3.05, 3.63) is 115 Å². The van der Waals surface area contributed by atoms with Crippen LogP contribution in [0.5, 0.6) is 20.3 Å². The monoisotopic (exact) mass is 586 g/mol. The van der Waals surface area contributed by atoms with Gasteiger partial charge in [-0.2, -0.15) is 0 Å². The van der Waals surface area contributed by atoms with E-state index in [1.165, 1.54) is 11.8 Å². The highest BCUT2D eigenvalue weighted by atomic mass is 32.2. The van der Waals surface area contributed by atoms with Gasteiger partial charge in [-0.25, -0.2) is 0 Å². The van der Waals surface area contributed by atoms with E-state index in [1.54, 1.807) is 57.1 Å². The minimum atomic E-state index is -0.120. The summed E-state index contributed by atoms with van der Waals surface area (Å²) in [6.07, 6.45) is 6.95. The lowest BCUT2D eigenvalue weighted by Gasteiger charge is -2.25. The molecule has 1 unspecified atom stereocenters. The molecule has 0 spiro atoms. The van der Waals surface area contributed by atoms with Crippen molar-refractivity contribution in [1.29, 1.82) is 0 Å². The van der Waals surface area contributed by atoms with E-state index < -0.39 is 0 Å². The molecule has 36 heavy (non-hydrogen) atoms. The number of thioether (sulfide) groups is 2. The van der Waals surface area contributed by atoms with Crippen LogP contribution in [0.1, 0.15) is 6.42 Å². The summed E-state index contributed by atoms with van der Waals surface area (Å²) >= 11 is 9.35. The van der Waals surface area contributed by atoms with E-state index in [9.17, 15) is 0 Å². The fourth-order valence-electron chi connectivity index (χ4n) is 3.37. The summed E-state index contributed by atoms with van der Waals surface area (Å²) in [6, 6.07) is 15.8. The largest absolute Gasteiger partial charge is 0.469 e. The maximum absolute atomic E-state index is 6.31. The summed E-state index contributed by atoms with van der Waals surface area (Å²) in [4.78, 5) is 0. The van der Waals surface area contributed by atoms with Gasteiger partial charge < -0.3 is 18.9 Å². The molecule has 0 aliphatic carbocycles. The third kappa shape index (κ3) is 6.13. The molecule has 182 valence electrons. The lowest BCUT2D eigenvalue weighted by Crippen LogP contribution is -2.18. The van der Waals surface area contributed by atoms with Crippen LogP contribution in [-0.4, -0.2) is 5.44 Å². The summed E-state index contributed by atoms with van der Waals surface area (Å²) in [6.45, 7) is 0. The SMILES string of the molecule is C1=C(Oc2cccs2)SC(Oc2cccs2)=CC1=C1C=C(Oc2cccs2)SC(Oc2cccs2)C1. The molecule has 4 aromatic heterocycles. The zero-order valence-electron chi connectivity index (χ0n) is 18.5. The molecular weight excluding hydrogens is 569 g/mol. The number of hydrogen-bond donors (Lipinski definition) is 0. The number of allylic oxidation sites excluding steroid dienone is 4. The van der Waals surface area contributed by atoms with Crippen LogP contribution in [-0.2, 0) is 0 Å². The van der Waals surface area contributed by atoms with Gasteiger partial charge in [0, 0.05) is 6.42 Å². The standard InChI is InChI=1S/C26H18O4S6/c1-5-19(31-9-1)27-23-13-17(14-24(35-23)28-20-6-2-10-32-20)18-15-25(29-21-7-3-11-33-21)36-26(16-18)30-22-8-4-12-34-22/h1-15,26H,16H2. The van der Waals surface area contributed by atoms with Crippen LogP contribution in [0, 0.1) is 0 Å². The van der Waals surface area contributed by atoms with Crippen molar-refractivity contribution < 1.29 is 18.9 Å². The normalized spacial score (nSPS) is 17.8. The summed E-state index contributed by atoms with van der Waals surface area (Å²) in [5, 5.41) is 13.8. The predicted molar refractivity (Wildman–Crippen MR) is 155 cm³/mol. The molecule has 0 bridgehead atoms. The van der Waals surface area contributed by atoms with Gasteiger partial charge in [0.05, 0.1) is 0 Å². The number of ether oxygens (including phenoxy) is 4. The summed E-state index contributed by atoms with van der Waals surface area (Å²) in [5.41, 5.74) is 1.99. The topological polar surface area (TPSA) is 36.9 Å². The van der Waals surface area contributed by atoms with Crippen LogP contribution in [0.25, 0.3) is 0 Å². The predicted octanol–water partition coefficient (Wildman–Crippen LogP) is 9.58. The Hall–Kier alpha value is -2.34. The third-order valence-electron chi connectivity index (χ3n) is 4.88.